The molecule has 0 radical (unpaired) electrons. The lowest BCUT2D eigenvalue weighted by Gasteiger charge is -2.32. The molecule has 3 heteroatoms. The zero-order valence-electron chi connectivity index (χ0n) is 11.5. The summed E-state index contributed by atoms with van der Waals surface area (Å²) in [7, 11) is -0.727. The molecule has 0 aliphatic heterocycles. The zero-order valence-corrected chi connectivity index (χ0v) is 12.3. The molecule has 2 nitrogen and oxygen atoms in total. The van der Waals surface area contributed by atoms with Crippen molar-refractivity contribution in [2.24, 2.45) is 0 Å². The van der Waals surface area contributed by atoms with Gasteiger partial charge < -0.3 is 5.32 Å². The lowest BCUT2D eigenvalue weighted by Crippen LogP contribution is -2.36. The standard InChI is InChI=1S/C15H23NOS/c1-11-8-9-15(16-12(2)10-18(3)17)14-7-5-4-6-13(11)14/h4-7,11-12,15-16H,8-10H2,1-3H3. The lowest BCUT2D eigenvalue weighted by molar-refractivity contribution is 0.404. The molecule has 4 unspecified atom stereocenters. The second-order valence-electron chi connectivity index (χ2n) is 5.47. The predicted molar refractivity (Wildman–Crippen MR) is 78.4 cm³/mol. The number of fused-ring (bicyclic) bond motifs is 1. The Labute approximate surface area is 113 Å². The van der Waals surface area contributed by atoms with Crippen molar-refractivity contribution in [3.8, 4) is 0 Å². The van der Waals surface area contributed by atoms with Crippen LogP contribution in [0, 0.1) is 0 Å². The molecule has 0 spiro atoms. The van der Waals surface area contributed by atoms with E-state index in [-0.39, 0.29) is 0 Å². The van der Waals surface area contributed by atoms with Gasteiger partial charge in [0, 0.05) is 34.9 Å². The summed E-state index contributed by atoms with van der Waals surface area (Å²) in [5, 5.41) is 3.63. The van der Waals surface area contributed by atoms with E-state index in [9.17, 15) is 4.21 Å². The summed E-state index contributed by atoms with van der Waals surface area (Å²) in [6.45, 7) is 4.43. The van der Waals surface area contributed by atoms with Crippen LogP contribution in [0.15, 0.2) is 24.3 Å². The molecular weight excluding hydrogens is 242 g/mol. The van der Waals surface area contributed by atoms with Crippen LogP contribution >= 0.6 is 0 Å². The Kier molecular flexibility index (Phi) is 4.57. The van der Waals surface area contributed by atoms with Crippen molar-refractivity contribution >= 4 is 10.8 Å². The van der Waals surface area contributed by atoms with Gasteiger partial charge in [0.15, 0.2) is 0 Å². The highest BCUT2D eigenvalue weighted by atomic mass is 32.2. The van der Waals surface area contributed by atoms with Gasteiger partial charge in [-0.25, -0.2) is 0 Å². The summed E-state index contributed by atoms with van der Waals surface area (Å²) in [6, 6.07) is 9.46. The van der Waals surface area contributed by atoms with Gasteiger partial charge in [-0.1, -0.05) is 31.2 Å². The van der Waals surface area contributed by atoms with Crippen molar-refractivity contribution in [1.82, 2.24) is 5.32 Å². The molecule has 0 amide bonds. The number of hydrogen-bond acceptors (Lipinski definition) is 2. The Balaban J connectivity index is 2.11. The first kappa shape index (κ1) is 13.8. The maximum absolute atomic E-state index is 11.3. The van der Waals surface area contributed by atoms with E-state index in [0.717, 1.165) is 5.75 Å². The van der Waals surface area contributed by atoms with E-state index in [1.165, 1.54) is 24.0 Å². The van der Waals surface area contributed by atoms with E-state index in [2.05, 4.69) is 43.4 Å². The number of rotatable bonds is 4. The minimum absolute atomic E-state index is 0.308. The van der Waals surface area contributed by atoms with Crippen molar-refractivity contribution in [3.05, 3.63) is 35.4 Å². The van der Waals surface area contributed by atoms with E-state index >= 15 is 0 Å². The van der Waals surface area contributed by atoms with E-state index in [1.54, 1.807) is 6.26 Å². The van der Waals surface area contributed by atoms with Crippen LogP contribution in [0.5, 0.6) is 0 Å². The third-order valence-corrected chi connectivity index (χ3v) is 4.73. The van der Waals surface area contributed by atoms with E-state index in [1.807, 2.05) is 0 Å². The van der Waals surface area contributed by atoms with Crippen molar-refractivity contribution in [3.63, 3.8) is 0 Å². The Morgan fingerprint density at radius 3 is 2.67 bits per heavy atom. The Morgan fingerprint density at radius 1 is 1.33 bits per heavy atom. The van der Waals surface area contributed by atoms with Crippen LogP contribution < -0.4 is 5.32 Å². The molecule has 4 atom stereocenters. The highest BCUT2D eigenvalue weighted by Gasteiger charge is 2.25. The molecule has 1 aromatic carbocycles. The topological polar surface area (TPSA) is 29.1 Å². The van der Waals surface area contributed by atoms with Gasteiger partial charge >= 0.3 is 0 Å². The SMILES string of the molecule is CC(CS(C)=O)NC1CCC(C)c2ccccc21. The van der Waals surface area contributed by atoms with Crippen LogP contribution in [0.25, 0.3) is 0 Å². The molecule has 1 N–H and O–H groups in total. The lowest BCUT2D eigenvalue weighted by atomic mass is 9.81. The molecule has 18 heavy (non-hydrogen) atoms. The molecule has 100 valence electrons. The Bertz CT molecular complexity index is 432. The first-order chi connectivity index (χ1) is 8.58. The quantitative estimate of drug-likeness (QED) is 0.907. The van der Waals surface area contributed by atoms with E-state index < -0.39 is 10.8 Å². The molecule has 1 aliphatic carbocycles. The molecule has 0 fully saturated rings. The van der Waals surface area contributed by atoms with E-state index in [4.69, 9.17) is 0 Å². The number of nitrogens with one attached hydrogen (secondary N) is 1. The summed E-state index contributed by atoms with van der Waals surface area (Å²) in [6.07, 6.45) is 4.19. The number of hydrogen-bond donors (Lipinski definition) is 1. The number of benzene rings is 1. The van der Waals surface area contributed by atoms with Gasteiger partial charge in [-0.2, -0.15) is 0 Å². The van der Waals surface area contributed by atoms with Crippen LogP contribution in [0.1, 0.15) is 49.8 Å². The fraction of sp³-hybridized carbons (Fsp3) is 0.600. The second-order valence-corrected chi connectivity index (χ2v) is 6.95. The largest absolute Gasteiger partial charge is 0.307 e. The summed E-state index contributed by atoms with van der Waals surface area (Å²) < 4.78 is 11.3. The summed E-state index contributed by atoms with van der Waals surface area (Å²) in [5.41, 5.74) is 2.91. The van der Waals surface area contributed by atoms with Gasteiger partial charge in [-0.05, 0) is 36.8 Å². The van der Waals surface area contributed by atoms with Gasteiger partial charge in [0.1, 0.15) is 0 Å². The van der Waals surface area contributed by atoms with E-state index in [0.29, 0.717) is 18.0 Å². The average Bonchev–Trinajstić information content (AvgIpc) is 2.32. The monoisotopic (exact) mass is 265 g/mol. The first-order valence-corrected chi connectivity index (χ1v) is 8.45. The molecule has 1 aliphatic rings. The van der Waals surface area contributed by atoms with Crippen molar-refractivity contribution in [1.29, 1.82) is 0 Å². The van der Waals surface area contributed by atoms with Gasteiger partial charge in [0.05, 0.1) is 0 Å². The summed E-state index contributed by atoms with van der Waals surface area (Å²) in [5.74, 6) is 1.39. The fourth-order valence-electron chi connectivity index (χ4n) is 2.92. The van der Waals surface area contributed by atoms with Crippen molar-refractivity contribution < 1.29 is 4.21 Å². The molecule has 0 bridgehead atoms. The third-order valence-electron chi connectivity index (χ3n) is 3.76. The van der Waals surface area contributed by atoms with Crippen LogP contribution in [0.3, 0.4) is 0 Å². The van der Waals surface area contributed by atoms with Crippen molar-refractivity contribution in [2.45, 2.75) is 44.7 Å². The molecule has 0 heterocycles. The first-order valence-electron chi connectivity index (χ1n) is 6.73. The van der Waals surface area contributed by atoms with Crippen LogP contribution in [-0.2, 0) is 10.8 Å². The van der Waals surface area contributed by atoms with Gasteiger partial charge in [0.2, 0.25) is 0 Å². The Hall–Kier alpha value is -0.670. The maximum atomic E-state index is 11.3. The van der Waals surface area contributed by atoms with Crippen LogP contribution in [-0.4, -0.2) is 22.3 Å². The minimum atomic E-state index is -0.727. The molecule has 0 aromatic heterocycles. The average molecular weight is 265 g/mol. The van der Waals surface area contributed by atoms with Gasteiger partial charge in [-0.3, -0.25) is 4.21 Å². The smallest absolute Gasteiger partial charge is 0.0383 e. The summed E-state index contributed by atoms with van der Waals surface area (Å²) in [4.78, 5) is 0. The molecular formula is C15H23NOS. The molecule has 1 aromatic rings. The highest BCUT2D eigenvalue weighted by molar-refractivity contribution is 7.84. The zero-order chi connectivity index (χ0) is 13.1. The minimum Gasteiger partial charge on any atom is -0.307 e. The van der Waals surface area contributed by atoms with Crippen LogP contribution in [0.2, 0.25) is 0 Å². The molecule has 2 rings (SSSR count). The summed E-state index contributed by atoms with van der Waals surface area (Å²) >= 11 is 0. The second kappa shape index (κ2) is 5.98. The highest BCUT2D eigenvalue weighted by Crippen LogP contribution is 2.37. The third kappa shape index (κ3) is 3.21. The predicted octanol–water partition coefficient (Wildman–Crippen LogP) is 2.98. The van der Waals surface area contributed by atoms with Crippen LogP contribution in [0.4, 0.5) is 0 Å². The molecule has 0 saturated heterocycles. The van der Waals surface area contributed by atoms with Gasteiger partial charge in [-0.15, -0.1) is 0 Å². The maximum Gasteiger partial charge on any atom is 0.0383 e. The Morgan fingerprint density at radius 2 is 2.00 bits per heavy atom. The van der Waals surface area contributed by atoms with Gasteiger partial charge in [0.25, 0.3) is 0 Å². The van der Waals surface area contributed by atoms with Crippen molar-refractivity contribution in [2.75, 3.05) is 12.0 Å². The molecule has 0 saturated carbocycles. The fourth-order valence-corrected chi connectivity index (χ4v) is 3.72. The normalized spacial score (nSPS) is 26.4.